The molecule has 1 fully saturated rings. The van der Waals surface area contributed by atoms with Crippen molar-refractivity contribution in [2.75, 3.05) is 19.8 Å². The minimum atomic E-state index is -0.193. The van der Waals surface area contributed by atoms with E-state index in [1.807, 2.05) is 6.92 Å². The maximum absolute atomic E-state index is 5.85. The second-order valence-corrected chi connectivity index (χ2v) is 4.37. The fourth-order valence-corrected chi connectivity index (χ4v) is 2.37. The van der Waals surface area contributed by atoms with E-state index < -0.39 is 0 Å². The third-order valence-corrected chi connectivity index (χ3v) is 3.45. The Morgan fingerprint density at radius 2 is 2.33 bits per heavy atom. The van der Waals surface area contributed by atoms with E-state index >= 15 is 0 Å². The molecular formula is C11H24N2O2. The summed E-state index contributed by atoms with van der Waals surface area (Å²) in [5, 5.41) is 0. The minimum absolute atomic E-state index is 0.171. The first-order valence-corrected chi connectivity index (χ1v) is 5.85. The molecule has 1 rings (SSSR count). The van der Waals surface area contributed by atoms with E-state index in [1.54, 1.807) is 0 Å². The van der Waals surface area contributed by atoms with Gasteiger partial charge in [0.25, 0.3) is 0 Å². The molecule has 3 atom stereocenters. The molecule has 0 spiro atoms. The van der Waals surface area contributed by atoms with Crippen LogP contribution < -0.4 is 11.3 Å². The van der Waals surface area contributed by atoms with Gasteiger partial charge < -0.3 is 9.47 Å². The van der Waals surface area contributed by atoms with Crippen LogP contribution in [-0.2, 0) is 9.47 Å². The number of rotatable bonds is 6. The summed E-state index contributed by atoms with van der Waals surface area (Å²) in [7, 11) is 0. The van der Waals surface area contributed by atoms with Crippen molar-refractivity contribution in [3.8, 4) is 0 Å². The van der Waals surface area contributed by atoms with Crippen LogP contribution >= 0.6 is 0 Å². The molecule has 1 aliphatic heterocycles. The summed E-state index contributed by atoms with van der Waals surface area (Å²) in [4.78, 5) is 0. The lowest BCUT2D eigenvalue weighted by atomic mass is 9.83. The summed E-state index contributed by atoms with van der Waals surface area (Å²) in [6, 6.07) is 0.171. The molecule has 0 radical (unpaired) electrons. The zero-order valence-electron chi connectivity index (χ0n) is 10.1. The molecule has 15 heavy (non-hydrogen) atoms. The van der Waals surface area contributed by atoms with E-state index in [-0.39, 0.29) is 11.6 Å². The Labute approximate surface area is 92.5 Å². The highest BCUT2D eigenvalue weighted by Crippen LogP contribution is 2.29. The van der Waals surface area contributed by atoms with Gasteiger partial charge in [-0.05, 0) is 26.7 Å². The molecule has 1 aliphatic rings. The van der Waals surface area contributed by atoms with Crippen molar-refractivity contribution in [3.05, 3.63) is 0 Å². The zero-order valence-corrected chi connectivity index (χ0v) is 10.1. The molecule has 4 heteroatoms. The van der Waals surface area contributed by atoms with Crippen LogP contribution in [0.15, 0.2) is 0 Å². The Balaban J connectivity index is 2.68. The lowest BCUT2D eigenvalue weighted by Gasteiger charge is -2.39. The van der Waals surface area contributed by atoms with Crippen LogP contribution in [0.1, 0.15) is 33.6 Å². The number of hydrogen-bond donors (Lipinski definition) is 2. The first-order valence-electron chi connectivity index (χ1n) is 5.85. The smallest absolute Gasteiger partial charge is 0.0821 e. The highest BCUT2D eigenvalue weighted by atomic mass is 16.5. The molecule has 0 bridgehead atoms. The predicted molar refractivity (Wildman–Crippen MR) is 60.4 cm³/mol. The van der Waals surface area contributed by atoms with Gasteiger partial charge in [-0.15, -0.1) is 0 Å². The van der Waals surface area contributed by atoms with Crippen molar-refractivity contribution in [1.29, 1.82) is 0 Å². The van der Waals surface area contributed by atoms with Crippen molar-refractivity contribution in [3.63, 3.8) is 0 Å². The van der Waals surface area contributed by atoms with E-state index in [0.29, 0.717) is 5.92 Å². The van der Waals surface area contributed by atoms with E-state index in [1.165, 1.54) is 0 Å². The maximum Gasteiger partial charge on any atom is 0.0821 e. The first kappa shape index (κ1) is 12.9. The molecule has 1 saturated heterocycles. The molecule has 1 heterocycles. The largest absolute Gasteiger partial charge is 0.381 e. The van der Waals surface area contributed by atoms with Gasteiger partial charge >= 0.3 is 0 Å². The molecule has 3 unspecified atom stereocenters. The molecule has 0 amide bonds. The van der Waals surface area contributed by atoms with E-state index in [4.69, 9.17) is 15.3 Å². The first-order chi connectivity index (χ1) is 7.18. The van der Waals surface area contributed by atoms with Gasteiger partial charge in [-0.2, -0.15) is 0 Å². The van der Waals surface area contributed by atoms with Gasteiger partial charge in [0.15, 0.2) is 0 Å². The number of nitrogens with two attached hydrogens (primary N) is 1. The maximum atomic E-state index is 5.85. The van der Waals surface area contributed by atoms with Crippen LogP contribution in [-0.4, -0.2) is 31.5 Å². The van der Waals surface area contributed by atoms with Gasteiger partial charge in [0.05, 0.1) is 18.2 Å². The fourth-order valence-electron chi connectivity index (χ4n) is 2.37. The van der Waals surface area contributed by atoms with Gasteiger partial charge in [-0.25, -0.2) is 0 Å². The van der Waals surface area contributed by atoms with Crippen molar-refractivity contribution in [2.45, 2.75) is 45.3 Å². The number of hydrazine groups is 1. The topological polar surface area (TPSA) is 56.5 Å². The van der Waals surface area contributed by atoms with E-state index in [2.05, 4.69) is 19.3 Å². The van der Waals surface area contributed by atoms with Crippen LogP contribution in [0.25, 0.3) is 0 Å². The Morgan fingerprint density at radius 1 is 1.60 bits per heavy atom. The van der Waals surface area contributed by atoms with E-state index in [9.17, 15) is 0 Å². The Kier molecular flexibility index (Phi) is 4.99. The van der Waals surface area contributed by atoms with Gasteiger partial charge in [-0.3, -0.25) is 11.3 Å². The Bertz CT molecular complexity index is 183. The molecule has 0 aromatic heterocycles. The molecule has 90 valence electrons. The summed E-state index contributed by atoms with van der Waals surface area (Å²) < 4.78 is 11.3. The quantitative estimate of drug-likeness (QED) is 0.515. The van der Waals surface area contributed by atoms with Gasteiger partial charge in [0, 0.05) is 19.1 Å². The molecule has 3 N–H and O–H groups in total. The number of hydrogen-bond acceptors (Lipinski definition) is 4. The minimum Gasteiger partial charge on any atom is -0.381 e. The van der Waals surface area contributed by atoms with Crippen molar-refractivity contribution in [2.24, 2.45) is 11.8 Å². The predicted octanol–water partition coefficient (Wildman–Crippen LogP) is 1.06. The highest BCUT2D eigenvalue weighted by molar-refractivity contribution is 4.93. The second kappa shape index (κ2) is 5.80. The molecular weight excluding hydrogens is 192 g/mol. The van der Waals surface area contributed by atoms with Gasteiger partial charge in [0.2, 0.25) is 0 Å². The number of nitrogens with one attached hydrogen (secondary N) is 1. The lowest BCUT2D eigenvalue weighted by Crippen LogP contribution is -2.57. The summed E-state index contributed by atoms with van der Waals surface area (Å²) >= 11 is 0. The third kappa shape index (κ3) is 2.91. The van der Waals surface area contributed by atoms with Crippen LogP contribution in [0.4, 0.5) is 0 Å². The molecule has 0 saturated carbocycles. The van der Waals surface area contributed by atoms with Crippen LogP contribution in [0, 0.1) is 5.92 Å². The van der Waals surface area contributed by atoms with Crippen molar-refractivity contribution < 1.29 is 9.47 Å². The normalized spacial score (nSPS) is 27.6. The van der Waals surface area contributed by atoms with Gasteiger partial charge in [0.1, 0.15) is 0 Å². The molecule has 0 aliphatic carbocycles. The molecule has 0 aromatic rings. The average Bonchev–Trinajstić information content (AvgIpc) is 2.72. The van der Waals surface area contributed by atoms with Crippen molar-refractivity contribution >= 4 is 0 Å². The lowest BCUT2D eigenvalue weighted by molar-refractivity contribution is -0.0698. The van der Waals surface area contributed by atoms with Gasteiger partial charge in [-0.1, -0.05) is 6.92 Å². The van der Waals surface area contributed by atoms with E-state index in [0.717, 1.165) is 32.7 Å². The summed E-state index contributed by atoms with van der Waals surface area (Å²) in [5.41, 5.74) is 2.72. The van der Waals surface area contributed by atoms with Crippen molar-refractivity contribution in [1.82, 2.24) is 5.43 Å². The third-order valence-electron chi connectivity index (χ3n) is 3.45. The van der Waals surface area contributed by atoms with Crippen LogP contribution in [0.5, 0.6) is 0 Å². The second-order valence-electron chi connectivity index (χ2n) is 4.37. The fraction of sp³-hybridized carbons (Fsp3) is 1.00. The molecule has 0 aromatic carbocycles. The summed E-state index contributed by atoms with van der Waals surface area (Å²) in [6.45, 7) is 8.63. The highest BCUT2D eigenvalue weighted by Gasteiger charge is 2.39. The zero-order chi connectivity index (χ0) is 11.3. The average molecular weight is 216 g/mol. The SMILES string of the molecule is CCOC(C)(CC)C(NN)C1CCOC1. The standard InChI is InChI=1S/C11H24N2O2/c1-4-11(3,15-5-2)10(13-12)9-6-7-14-8-9/h9-10,13H,4-8,12H2,1-3H3. The molecule has 4 nitrogen and oxygen atoms in total. The number of ether oxygens (including phenoxy) is 2. The van der Waals surface area contributed by atoms with Crippen LogP contribution in [0.3, 0.4) is 0 Å². The Hall–Kier alpha value is -0.160. The Morgan fingerprint density at radius 3 is 2.73 bits per heavy atom. The summed E-state index contributed by atoms with van der Waals surface area (Å²) in [5.74, 6) is 6.12. The summed E-state index contributed by atoms with van der Waals surface area (Å²) in [6.07, 6.45) is 2.02. The monoisotopic (exact) mass is 216 g/mol. The van der Waals surface area contributed by atoms with Crippen LogP contribution in [0.2, 0.25) is 0 Å².